The Morgan fingerprint density at radius 2 is 2.07 bits per heavy atom. The molecule has 2 fully saturated rings. The van der Waals surface area contributed by atoms with E-state index >= 15 is 0 Å². The van der Waals surface area contributed by atoms with Crippen LogP contribution < -0.4 is 0 Å². The highest BCUT2D eigenvalue weighted by molar-refractivity contribution is 5.83. The summed E-state index contributed by atoms with van der Waals surface area (Å²) in [6.45, 7) is 6.49. The summed E-state index contributed by atoms with van der Waals surface area (Å²) in [5.41, 5.74) is 0.125. The van der Waals surface area contributed by atoms with Crippen molar-refractivity contribution in [1.29, 1.82) is 0 Å². The lowest BCUT2D eigenvalue weighted by molar-refractivity contribution is -0.129. The molecule has 0 heterocycles. The van der Waals surface area contributed by atoms with Gasteiger partial charge in [0.1, 0.15) is 5.78 Å². The zero-order chi connectivity index (χ0) is 10.6. The molecule has 0 radical (unpaired) electrons. The molecule has 0 spiro atoms. The number of hydrogen-bond acceptors (Lipinski definition) is 2. The van der Waals surface area contributed by atoms with E-state index in [9.17, 15) is 4.79 Å². The van der Waals surface area contributed by atoms with Crippen molar-refractivity contribution in [2.45, 2.75) is 45.6 Å². The van der Waals surface area contributed by atoms with Gasteiger partial charge in [0, 0.05) is 19.4 Å². The molecule has 2 aliphatic rings. The van der Waals surface area contributed by atoms with Gasteiger partial charge in [-0.1, -0.05) is 13.8 Å². The van der Waals surface area contributed by atoms with Gasteiger partial charge in [-0.2, -0.15) is 0 Å². The van der Waals surface area contributed by atoms with E-state index in [4.69, 9.17) is 4.74 Å². The predicted molar refractivity (Wildman–Crippen MR) is 55.0 cm³/mol. The normalized spacial score (nSPS) is 52.4. The standard InChI is InChI=1S/C12H20O2/c1-8-10(13)5-9-6-11(8,2)7-12(9,3)14-4/h8-9H,5-7H2,1-4H3/t8-,9+,11-,12+/m0/s1. The van der Waals surface area contributed by atoms with Gasteiger partial charge in [-0.15, -0.1) is 0 Å². The number of hydrogen-bond donors (Lipinski definition) is 0. The molecule has 2 aliphatic carbocycles. The minimum Gasteiger partial charge on any atom is -0.378 e. The maximum absolute atomic E-state index is 11.8. The summed E-state index contributed by atoms with van der Waals surface area (Å²) in [7, 11) is 1.78. The van der Waals surface area contributed by atoms with Crippen molar-refractivity contribution in [2.24, 2.45) is 17.3 Å². The molecule has 2 nitrogen and oxygen atoms in total. The smallest absolute Gasteiger partial charge is 0.136 e. The molecule has 0 unspecified atom stereocenters. The number of ether oxygens (including phenoxy) is 1. The Balaban J connectivity index is 2.34. The van der Waals surface area contributed by atoms with Gasteiger partial charge in [-0.25, -0.2) is 0 Å². The number of methoxy groups -OCH3 is 1. The zero-order valence-electron chi connectivity index (χ0n) is 9.59. The Hall–Kier alpha value is -0.370. The highest BCUT2D eigenvalue weighted by atomic mass is 16.5. The number of fused-ring (bicyclic) bond motifs is 2. The Morgan fingerprint density at radius 1 is 1.43 bits per heavy atom. The van der Waals surface area contributed by atoms with Gasteiger partial charge in [0.2, 0.25) is 0 Å². The Morgan fingerprint density at radius 3 is 2.64 bits per heavy atom. The topological polar surface area (TPSA) is 26.3 Å². The van der Waals surface area contributed by atoms with E-state index in [1.807, 2.05) is 0 Å². The number of carbonyl (C=O) groups is 1. The summed E-state index contributed by atoms with van der Waals surface area (Å²) < 4.78 is 5.62. The lowest BCUT2D eigenvalue weighted by Gasteiger charge is -2.34. The zero-order valence-corrected chi connectivity index (χ0v) is 9.59. The minimum atomic E-state index is -0.0603. The molecule has 2 heteroatoms. The first kappa shape index (κ1) is 10.2. The fourth-order valence-electron chi connectivity index (χ4n) is 3.46. The summed E-state index contributed by atoms with van der Waals surface area (Å²) in [5, 5.41) is 0. The van der Waals surface area contributed by atoms with Crippen molar-refractivity contribution in [1.82, 2.24) is 0 Å². The fraction of sp³-hybridized carbons (Fsp3) is 0.917. The Kier molecular flexibility index (Phi) is 2.04. The number of carbonyl (C=O) groups excluding carboxylic acids is 1. The molecule has 0 aromatic heterocycles. The van der Waals surface area contributed by atoms with Crippen molar-refractivity contribution < 1.29 is 9.53 Å². The number of ketones is 1. The van der Waals surface area contributed by atoms with Gasteiger partial charge >= 0.3 is 0 Å². The highest BCUT2D eigenvalue weighted by Crippen LogP contribution is 2.58. The van der Waals surface area contributed by atoms with Crippen LogP contribution in [0.15, 0.2) is 0 Å². The molecule has 0 amide bonds. The SMILES string of the molecule is CO[C@]1(C)C[C@]2(C)C[C@H]1CC(=O)[C@@H]2C. The summed E-state index contributed by atoms with van der Waals surface area (Å²) in [5.74, 6) is 1.10. The second-order valence-electron chi connectivity index (χ2n) is 5.64. The highest BCUT2D eigenvalue weighted by Gasteiger charge is 2.57. The van der Waals surface area contributed by atoms with E-state index < -0.39 is 0 Å². The molecule has 14 heavy (non-hydrogen) atoms. The molecule has 0 N–H and O–H groups in total. The molecule has 2 bridgehead atoms. The third-order valence-corrected chi connectivity index (χ3v) is 4.77. The van der Waals surface area contributed by atoms with Crippen LogP contribution in [0, 0.1) is 17.3 Å². The van der Waals surface area contributed by atoms with Gasteiger partial charge in [-0.05, 0) is 31.1 Å². The van der Waals surface area contributed by atoms with E-state index in [1.54, 1.807) is 7.11 Å². The molecular formula is C12H20O2. The third kappa shape index (κ3) is 1.16. The lowest BCUT2D eigenvalue weighted by Crippen LogP contribution is -2.34. The van der Waals surface area contributed by atoms with Gasteiger partial charge in [0.15, 0.2) is 0 Å². The summed E-state index contributed by atoms with van der Waals surface area (Å²) >= 11 is 0. The average Bonchev–Trinajstić information content (AvgIpc) is 2.35. The molecule has 0 aromatic rings. The lowest BCUT2D eigenvalue weighted by atomic mass is 9.69. The molecule has 0 aromatic carbocycles. The van der Waals surface area contributed by atoms with E-state index in [0.717, 1.165) is 19.3 Å². The van der Waals surface area contributed by atoms with Gasteiger partial charge in [-0.3, -0.25) is 4.79 Å². The van der Waals surface area contributed by atoms with Crippen LogP contribution in [-0.4, -0.2) is 18.5 Å². The van der Waals surface area contributed by atoms with Crippen molar-refractivity contribution in [3.8, 4) is 0 Å². The molecule has 0 aliphatic heterocycles. The summed E-state index contributed by atoms with van der Waals surface area (Å²) in [6, 6.07) is 0. The third-order valence-electron chi connectivity index (χ3n) is 4.77. The number of Topliss-reactive ketones (excluding diaryl/α,β-unsaturated/α-hetero) is 1. The second kappa shape index (κ2) is 2.82. The van der Waals surface area contributed by atoms with Crippen LogP contribution in [0.2, 0.25) is 0 Å². The van der Waals surface area contributed by atoms with Crippen molar-refractivity contribution >= 4 is 5.78 Å². The molecular weight excluding hydrogens is 176 g/mol. The van der Waals surface area contributed by atoms with E-state index in [1.165, 1.54) is 0 Å². The maximum Gasteiger partial charge on any atom is 0.136 e. The maximum atomic E-state index is 11.8. The molecule has 80 valence electrons. The van der Waals surface area contributed by atoms with Crippen LogP contribution in [0.5, 0.6) is 0 Å². The summed E-state index contributed by atoms with van der Waals surface area (Å²) in [4.78, 5) is 11.8. The minimum absolute atomic E-state index is 0.0603. The van der Waals surface area contributed by atoms with Crippen molar-refractivity contribution in [2.75, 3.05) is 7.11 Å². The molecule has 0 saturated heterocycles. The predicted octanol–water partition coefficient (Wildman–Crippen LogP) is 2.42. The molecule has 2 rings (SSSR count). The molecule has 4 atom stereocenters. The first-order chi connectivity index (χ1) is 6.41. The first-order valence-electron chi connectivity index (χ1n) is 5.49. The van der Waals surface area contributed by atoms with E-state index in [-0.39, 0.29) is 16.9 Å². The average molecular weight is 196 g/mol. The van der Waals surface area contributed by atoms with Gasteiger partial charge in [0.25, 0.3) is 0 Å². The second-order valence-corrected chi connectivity index (χ2v) is 5.64. The number of rotatable bonds is 1. The fourth-order valence-corrected chi connectivity index (χ4v) is 3.46. The van der Waals surface area contributed by atoms with Crippen LogP contribution in [0.4, 0.5) is 0 Å². The van der Waals surface area contributed by atoms with E-state index in [0.29, 0.717) is 11.7 Å². The first-order valence-corrected chi connectivity index (χ1v) is 5.49. The van der Waals surface area contributed by atoms with Crippen LogP contribution in [0.3, 0.4) is 0 Å². The monoisotopic (exact) mass is 196 g/mol. The Bertz CT molecular complexity index is 273. The van der Waals surface area contributed by atoms with Crippen LogP contribution in [0.25, 0.3) is 0 Å². The van der Waals surface area contributed by atoms with Gasteiger partial charge in [0.05, 0.1) is 5.60 Å². The largest absolute Gasteiger partial charge is 0.378 e. The van der Waals surface area contributed by atoms with Crippen molar-refractivity contribution in [3.05, 3.63) is 0 Å². The van der Waals surface area contributed by atoms with Gasteiger partial charge < -0.3 is 4.74 Å². The van der Waals surface area contributed by atoms with E-state index in [2.05, 4.69) is 20.8 Å². The van der Waals surface area contributed by atoms with Crippen LogP contribution in [-0.2, 0) is 9.53 Å². The van der Waals surface area contributed by atoms with Crippen molar-refractivity contribution in [3.63, 3.8) is 0 Å². The summed E-state index contributed by atoms with van der Waals surface area (Å²) in [6.07, 6.45) is 2.92. The quantitative estimate of drug-likeness (QED) is 0.643. The van der Waals surface area contributed by atoms with Crippen LogP contribution in [0.1, 0.15) is 40.0 Å². The van der Waals surface area contributed by atoms with Crippen LogP contribution >= 0.6 is 0 Å². The molecule has 2 saturated carbocycles. The Labute approximate surface area is 86.0 Å².